The Labute approximate surface area is 186 Å². The van der Waals surface area contributed by atoms with Crippen LogP contribution in [0.4, 0.5) is 0 Å². The van der Waals surface area contributed by atoms with Crippen molar-refractivity contribution in [3.05, 3.63) is 48.8 Å². The zero-order chi connectivity index (χ0) is 21.6. The maximum Gasteiger partial charge on any atom is 0.230 e. The first-order valence-electron chi connectivity index (χ1n) is 10.6. The van der Waals surface area contributed by atoms with E-state index in [1.54, 1.807) is 19.5 Å². The number of hydrogen-bond donors (Lipinski definition) is 1. The van der Waals surface area contributed by atoms with Gasteiger partial charge in [-0.1, -0.05) is 37.6 Å². The third-order valence-corrected chi connectivity index (χ3v) is 6.60. The molecule has 3 aromatic rings. The average Bonchev–Trinajstić information content (AvgIpc) is 3.24. The van der Waals surface area contributed by atoms with Crippen LogP contribution in [0, 0.1) is 5.92 Å². The number of aromatic nitrogens is 4. The van der Waals surface area contributed by atoms with Gasteiger partial charge in [0.05, 0.1) is 18.6 Å². The maximum atomic E-state index is 12.6. The lowest BCUT2D eigenvalue weighted by molar-refractivity contribution is -0.119. The van der Waals surface area contributed by atoms with Gasteiger partial charge in [-0.2, -0.15) is 0 Å². The van der Waals surface area contributed by atoms with Crippen molar-refractivity contribution in [1.29, 1.82) is 0 Å². The summed E-state index contributed by atoms with van der Waals surface area (Å²) in [6.07, 6.45) is 8.13. The van der Waals surface area contributed by atoms with Crippen LogP contribution in [0.15, 0.2) is 53.9 Å². The molecular weight excluding hydrogens is 410 g/mol. The third kappa shape index (κ3) is 5.07. The number of rotatable bonds is 7. The number of amides is 1. The minimum absolute atomic E-state index is 0.0365. The summed E-state index contributed by atoms with van der Waals surface area (Å²) in [6, 6.07) is 11.8. The van der Waals surface area contributed by atoms with Crippen LogP contribution in [0.1, 0.15) is 32.6 Å². The molecule has 1 aliphatic rings. The molecule has 0 saturated heterocycles. The van der Waals surface area contributed by atoms with E-state index in [9.17, 15) is 4.79 Å². The molecule has 2 atom stereocenters. The smallest absolute Gasteiger partial charge is 0.230 e. The largest absolute Gasteiger partial charge is 0.497 e. The molecule has 1 aliphatic carbocycles. The van der Waals surface area contributed by atoms with E-state index < -0.39 is 0 Å². The molecular formula is C23H27N5O2S. The molecule has 8 heteroatoms. The van der Waals surface area contributed by atoms with Gasteiger partial charge in [0.25, 0.3) is 0 Å². The molecule has 1 amide bonds. The molecule has 7 nitrogen and oxygen atoms in total. The number of carbonyl (C=O) groups excluding carboxylic acids is 1. The van der Waals surface area contributed by atoms with Gasteiger partial charge in [-0.3, -0.25) is 14.3 Å². The molecule has 0 spiro atoms. The van der Waals surface area contributed by atoms with Gasteiger partial charge in [0, 0.05) is 30.1 Å². The predicted octanol–water partition coefficient (Wildman–Crippen LogP) is 4.12. The van der Waals surface area contributed by atoms with Crippen LogP contribution in [0.5, 0.6) is 5.75 Å². The van der Waals surface area contributed by atoms with Crippen molar-refractivity contribution in [2.24, 2.45) is 5.92 Å². The Morgan fingerprint density at radius 3 is 2.77 bits per heavy atom. The van der Waals surface area contributed by atoms with Crippen LogP contribution in [0.2, 0.25) is 0 Å². The van der Waals surface area contributed by atoms with Crippen molar-refractivity contribution in [3.63, 3.8) is 0 Å². The first-order chi connectivity index (χ1) is 15.2. The minimum atomic E-state index is 0.0365. The van der Waals surface area contributed by atoms with Gasteiger partial charge in [-0.15, -0.1) is 10.2 Å². The number of nitrogens with zero attached hydrogens (tertiary/aromatic N) is 4. The summed E-state index contributed by atoms with van der Waals surface area (Å²) in [5, 5.41) is 12.7. The van der Waals surface area contributed by atoms with E-state index in [0.717, 1.165) is 23.4 Å². The van der Waals surface area contributed by atoms with Gasteiger partial charge in [0.15, 0.2) is 11.0 Å². The summed E-state index contributed by atoms with van der Waals surface area (Å²) in [5.74, 6) is 2.30. The van der Waals surface area contributed by atoms with Crippen LogP contribution in [0.3, 0.4) is 0 Å². The maximum absolute atomic E-state index is 12.6. The van der Waals surface area contributed by atoms with Crippen molar-refractivity contribution in [1.82, 2.24) is 25.1 Å². The van der Waals surface area contributed by atoms with E-state index >= 15 is 0 Å². The highest BCUT2D eigenvalue weighted by molar-refractivity contribution is 7.99. The van der Waals surface area contributed by atoms with Crippen molar-refractivity contribution in [2.75, 3.05) is 12.9 Å². The third-order valence-electron chi connectivity index (χ3n) is 5.67. The van der Waals surface area contributed by atoms with Crippen molar-refractivity contribution >= 4 is 17.7 Å². The van der Waals surface area contributed by atoms with E-state index in [2.05, 4.69) is 27.4 Å². The van der Waals surface area contributed by atoms with Crippen LogP contribution in [-0.4, -0.2) is 44.6 Å². The second-order valence-electron chi connectivity index (χ2n) is 7.80. The molecule has 1 aromatic carbocycles. The number of hydrogen-bond acceptors (Lipinski definition) is 6. The summed E-state index contributed by atoms with van der Waals surface area (Å²) < 4.78 is 7.35. The fraction of sp³-hybridized carbons (Fsp3) is 0.391. The van der Waals surface area contributed by atoms with Gasteiger partial charge in [0.1, 0.15) is 5.75 Å². The van der Waals surface area contributed by atoms with E-state index in [1.807, 2.05) is 41.0 Å². The fourth-order valence-corrected chi connectivity index (χ4v) is 4.71. The van der Waals surface area contributed by atoms with Gasteiger partial charge in [0.2, 0.25) is 5.91 Å². The molecule has 0 bridgehead atoms. The molecule has 1 fully saturated rings. The number of pyridine rings is 1. The van der Waals surface area contributed by atoms with Crippen LogP contribution in [0.25, 0.3) is 17.1 Å². The van der Waals surface area contributed by atoms with Crippen LogP contribution in [-0.2, 0) is 4.79 Å². The molecule has 31 heavy (non-hydrogen) atoms. The van der Waals surface area contributed by atoms with Gasteiger partial charge in [-0.05, 0) is 43.0 Å². The Bertz CT molecular complexity index is 1020. The van der Waals surface area contributed by atoms with Gasteiger partial charge < -0.3 is 10.1 Å². The molecule has 4 rings (SSSR count). The number of thioether (sulfide) groups is 1. The Kier molecular flexibility index (Phi) is 6.86. The van der Waals surface area contributed by atoms with E-state index in [0.29, 0.717) is 22.7 Å². The quantitative estimate of drug-likeness (QED) is 0.560. The van der Waals surface area contributed by atoms with Gasteiger partial charge in [-0.25, -0.2) is 0 Å². The van der Waals surface area contributed by atoms with Crippen LogP contribution < -0.4 is 10.1 Å². The first kappa shape index (κ1) is 21.4. The lowest BCUT2D eigenvalue weighted by Crippen LogP contribution is -2.41. The molecule has 162 valence electrons. The van der Waals surface area contributed by atoms with Crippen molar-refractivity contribution < 1.29 is 9.53 Å². The standard InChI is InChI=1S/C23H27N5O2S/c1-16-6-3-4-9-20(16)25-21(29)15-31-23-27-26-22(17-10-12-24-13-11-17)28(23)18-7-5-8-19(14-18)30-2/h5,7-8,10-14,16,20H,3-4,6,9,15H2,1-2H3,(H,25,29). The summed E-state index contributed by atoms with van der Waals surface area (Å²) in [7, 11) is 1.64. The first-order valence-corrected chi connectivity index (χ1v) is 11.6. The minimum Gasteiger partial charge on any atom is -0.497 e. The number of benzene rings is 1. The van der Waals surface area contributed by atoms with Crippen molar-refractivity contribution in [2.45, 2.75) is 43.8 Å². The Morgan fingerprint density at radius 1 is 1.19 bits per heavy atom. The van der Waals surface area contributed by atoms with Crippen molar-refractivity contribution in [3.8, 4) is 22.8 Å². The molecule has 1 saturated carbocycles. The summed E-state index contributed by atoms with van der Waals surface area (Å²) >= 11 is 1.39. The average molecular weight is 438 g/mol. The highest BCUT2D eigenvalue weighted by atomic mass is 32.2. The predicted molar refractivity (Wildman–Crippen MR) is 121 cm³/mol. The Balaban J connectivity index is 1.57. The second-order valence-corrected chi connectivity index (χ2v) is 8.75. The molecule has 1 N–H and O–H groups in total. The molecule has 0 aliphatic heterocycles. The second kappa shape index (κ2) is 9.96. The van der Waals surface area contributed by atoms with E-state index in [1.165, 1.54) is 31.0 Å². The zero-order valence-corrected chi connectivity index (χ0v) is 18.6. The highest BCUT2D eigenvalue weighted by Gasteiger charge is 2.23. The summed E-state index contributed by atoms with van der Waals surface area (Å²) in [4.78, 5) is 16.7. The lowest BCUT2D eigenvalue weighted by atomic mass is 9.86. The van der Waals surface area contributed by atoms with Crippen LogP contribution >= 0.6 is 11.8 Å². The highest BCUT2D eigenvalue weighted by Crippen LogP contribution is 2.29. The summed E-state index contributed by atoms with van der Waals surface area (Å²) in [6.45, 7) is 2.22. The monoisotopic (exact) mass is 437 g/mol. The number of nitrogens with one attached hydrogen (secondary N) is 1. The zero-order valence-electron chi connectivity index (χ0n) is 17.8. The van der Waals surface area contributed by atoms with E-state index in [4.69, 9.17) is 4.74 Å². The number of carbonyl (C=O) groups is 1. The normalized spacial score (nSPS) is 18.5. The van der Waals surface area contributed by atoms with Gasteiger partial charge >= 0.3 is 0 Å². The molecule has 2 unspecified atom stereocenters. The topological polar surface area (TPSA) is 81.9 Å². The van der Waals surface area contributed by atoms with E-state index in [-0.39, 0.29) is 11.9 Å². The summed E-state index contributed by atoms with van der Waals surface area (Å²) in [5.41, 5.74) is 1.78. The molecule has 2 heterocycles. The molecule has 0 radical (unpaired) electrons. The Morgan fingerprint density at radius 2 is 2.00 bits per heavy atom. The fourth-order valence-electron chi connectivity index (χ4n) is 3.94. The lowest BCUT2D eigenvalue weighted by Gasteiger charge is -2.29. The number of ether oxygens (including phenoxy) is 1. The molecule has 2 aromatic heterocycles. The number of methoxy groups -OCH3 is 1. The SMILES string of the molecule is COc1cccc(-n2c(SCC(=O)NC3CCCCC3C)nnc2-c2ccncc2)c1. The Hall–Kier alpha value is -2.87.